The number of para-hydroxylation sites is 1. The first kappa shape index (κ1) is 12.7. The SMILES string of the molecule is Cc1ccc(C(O)c2cccc(C)c2N)cc1C. The number of anilines is 1. The molecule has 2 aromatic rings. The summed E-state index contributed by atoms with van der Waals surface area (Å²) in [5.74, 6) is 0. The lowest BCUT2D eigenvalue weighted by Crippen LogP contribution is -2.05. The molecule has 0 saturated heterocycles. The summed E-state index contributed by atoms with van der Waals surface area (Å²) in [6, 6.07) is 11.7. The number of rotatable bonds is 2. The molecular weight excluding hydrogens is 222 g/mol. The Morgan fingerprint density at radius 2 is 1.67 bits per heavy atom. The van der Waals surface area contributed by atoms with Crippen molar-refractivity contribution in [2.75, 3.05) is 5.73 Å². The fraction of sp³-hybridized carbons (Fsp3) is 0.250. The highest BCUT2D eigenvalue weighted by molar-refractivity contribution is 5.56. The Morgan fingerprint density at radius 1 is 0.944 bits per heavy atom. The molecule has 3 N–H and O–H groups in total. The zero-order chi connectivity index (χ0) is 13.3. The van der Waals surface area contributed by atoms with Crippen LogP contribution in [0.25, 0.3) is 0 Å². The summed E-state index contributed by atoms with van der Waals surface area (Å²) < 4.78 is 0. The van der Waals surface area contributed by atoms with Crippen molar-refractivity contribution in [2.45, 2.75) is 26.9 Å². The van der Waals surface area contributed by atoms with Crippen LogP contribution in [0.2, 0.25) is 0 Å². The minimum Gasteiger partial charge on any atom is -0.398 e. The van der Waals surface area contributed by atoms with E-state index in [-0.39, 0.29) is 0 Å². The van der Waals surface area contributed by atoms with Crippen LogP contribution in [0.1, 0.15) is 33.9 Å². The summed E-state index contributed by atoms with van der Waals surface area (Å²) in [6.45, 7) is 6.06. The van der Waals surface area contributed by atoms with Crippen LogP contribution in [-0.2, 0) is 0 Å². The Balaban J connectivity index is 2.44. The first-order valence-electron chi connectivity index (χ1n) is 6.11. The lowest BCUT2D eigenvalue weighted by atomic mass is 9.95. The highest BCUT2D eigenvalue weighted by Gasteiger charge is 2.14. The van der Waals surface area contributed by atoms with Crippen LogP contribution in [0.5, 0.6) is 0 Å². The summed E-state index contributed by atoms with van der Waals surface area (Å²) in [7, 11) is 0. The molecule has 94 valence electrons. The number of hydrogen-bond acceptors (Lipinski definition) is 2. The quantitative estimate of drug-likeness (QED) is 0.793. The standard InChI is InChI=1S/C16H19NO/c1-10-7-8-13(9-12(10)3)16(18)14-6-4-5-11(2)15(14)17/h4-9,16,18H,17H2,1-3H3. The summed E-state index contributed by atoms with van der Waals surface area (Å²) >= 11 is 0. The molecular formula is C16H19NO. The topological polar surface area (TPSA) is 46.2 Å². The van der Waals surface area contributed by atoms with Gasteiger partial charge in [-0.05, 0) is 43.0 Å². The van der Waals surface area contributed by atoms with Crippen molar-refractivity contribution < 1.29 is 5.11 Å². The maximum absolute atomic E-state index is 10.4. The number of hydrogen-bond donors (Lipinski definition) is 2. The van der Waals surface area contributed by atoms with Crippen molar-refractivity contribution >= 4 is 5.69 Å². The largest absolute Gasteiger partial charge is 0.398 e. The van der Waals surface area contributed by atoms with E-state index in [1.165, 1.54) is 11.1 Å². The van der Waals surface area contributed by atoms with Crippen molar-refractivity contribution in [1.29, 1.82) is 0 Å². The molecule has 0 bridgehead atoms. The van der Waals surface area contributed by atoms with Crippen molar-refractivity contribution in [3.05, 3.63) is 64.2 Å². The minimum absolute atomic E-state index is 0.663. The second kappa shape index (κ2) is 4.83. The van der Waals surface area contributed by atoms with Crippen LogP contribution in [0, 0.1) is 20.8 Å². The molecule has 2 nitrogen and oxygen atoms in total. The Labute approximate surface area is 108 Å². The molecule has 0 spiro atoms. The zero-order valence-corrected chi connectivity index (χ0v) is 11.1. The van der Waals surface area contributed by atoms with E-state index in [0.29, 0.717) is 5.69 Å². The van der Waals surface area contributed by atoms with Gasteiger partial charge in [0.05, 0.1) is 0 Å². The average Bonchev–Trinajstić information content (AvgIpc) is 2.35. The van der Waals surface area contributed by atoms with Crippen LogP contribution in [0.15, 0.2) is 36.4 Å². The summed E-state index contributed by atoms with van der Waals surface area (Å²) in [4.78, 5) is 0. The van der Waals surface area contributed by atoms with Crippen LogP contribution in [0.4, 0.5) is 5.69 Å². The van der Waals surface area contributed by atoms with E-state index in [1.54, 1.807) is 0 Å². The fourth-order valence-electron chi connectivity index (χ4n) is 2.06. The molecule has 2 aromatic carbocycles. The van der Waals surface area contributed by atoms with Crippen LogP contribution >= 0.6 is 0 Å². The Kier molecular flexibility index (Phi) is 3.39. The molecule has 18 heavy (non-hydrogen) atoms. The third-order valence-electron chi connectivity index (χ3n) is 3.50. The summed E-state index contributed by atoms with van der Waals surface area (Å²) in [5.41, 5.74) is 11.8. The monoisotopic (exact) mass is 241 g/mol. The molecule has 0 aromatic heterocycles. The van der Waals surface area contributed by atoms with Gasteiger partial charge in [-0.1, -0.05) is 36.4 Å². The van der Waals surface area contributed by atoms with Gasteiger partial charge in [0.15, 0.2) is 0 Å². The molecule has 2 heteroatoms. The van der Waals surface area contributed by atoms with Gasteiger partial charge in [-0.25, -0.2) is 0 Å². The van der Waals surface area contributed by atoms with Gasteiger partial charge in [-0.2, -0.15) is 0 Å². The normalized spacial score (nSPS) is 12.4. The van der Waals surface area contributed by atoms with Crippen molar-refractivity contribution in [3.63, 3.8) is 0 Å². The second-order valence-electron chi connectivity index (χ2n) is 4.82. The van der Waals surface area contributed by atoms with Gasteiger partial charge in [0.25, 0.3) is 0 Å². The van der Waals surface area contributed by atoms with Crippen LogP contribution < -0.4 is 5.73 Å². The Bertz CT molecular complexity index is 575. The highest BCUT2D eigenvalue weighted by atomic mass is 16.3. The van der Waals surface area contributed by atoms with Crippen LogP contribution in [0.3, 0.4) is 0 Å². The molecule has 2 rings (SSSR count). The van der Waals surface area contributed by atoms with E-state index in [0.717, 1.165) is 16.7 Å². The Hall–Kier alpha value is -1.80. The second-order valence-corrected chi connectivity index (χ2v) is 4.82. The van der Waals surface area contributed by atoms with E-state index < -0.39 is 6.10 Å². The summed E-state index contributed by atoms with van der Waals surface area (Å²) in [6.07, 6.45) is -0.663. The lowest BCUT2D eigenvalue weighted by Gasteiger charge is -2.16. The number of aliphatic hydroxyl groups is 1. The predicted molar refractivity (Wildman–Crippen MR) is 75.6 cm³/mol. The number of benzene rings is 2. The van der Waals surface area contributed by atoms with Gasteiger partial charge in [-0.3, -0.25) is 0 Å². The first-order valence-corrected chi connectivity index (χ1v) is 6.11. The number of nitrogens with two attached hydrogens (primary N) is 1. The fourth-order valence-corrected chi connectivity index (χ4v) is 2.06. The minimum atomic E-state index is -0.663. The van der Waals surface area contributed by atoms with E-state index in [4.69, 9.17) is 5.73 Å². The molecule has 0 fully saturated rings. The van der Waals surface area contributed by atoms with E-state index in [9.17, 15) is 5.11 Å². The number of nitrogen functional groups attached to an aromatic ring is 1. The maximum Gasteiger partial charge on any atom is 0.106 e. The predicted octanol–water partition coefficient (Wildman–Crippen LogP) is 3.28. The molecule has 0 radical (unpaired) electrons. The molecule has 0 heterocycles. The third-order valence-corrected chi connectivity index (χ3v) is 3.50. The average molecular weight is 241 g/mol. The summed E-state index contributed by atoms with van der Waals surface area (Å²) in [5, 5.41) is 10.4. The van der Waals surface area contributed by atoms with Crippen molar-refractivity contribution in [3.8, 4) is 0 Å². The molecule has 0 saturated carbocycles. The van der Waals surface area contributed by atoms with E-state index in [1.807, 2.05) is 50.2 Å². The van der Waals surface area contributed by atoms with E-state index in [2.05, 4.69) is 6.92 Å². The lowest BCUT2D eigenvalue weighted by molar-refractivity contribution is 0.221. The van der Waals surface area contributed by atoms with Crippen molar-refractivity contribution in [2.24, 2.45) is 0 Å². The smallest absolute Gasteiger partial charge is 0.106 e. The van der Waals surface area contributed by atoms with Gasteiger partial charge < -0.3 is 10.8 Å². The van der Waals surface area contributed by atoms with Crippen molar-refractivity contribution in [1.82, 2.24) is 0 Å². The molecule has 0 amide bonds. The van der Waals surface area contributed by atoms with Gasteiger partial charge in [0, 0.05) is 11.3 Å². The Morgan fingerprint density at radius 3 is 2.33 bits per heavy atom. The highest BCUT2D eigenvalue weighted by Crippen LogP contribution is 2.29. The molecule has 1 unspecified atom stereocenters. The zero-order valence-electron chi connectivity index (χ0n) is 11.1. The number of aryl methyl sites for hydroxylation is 3. The maximum atomic E-state index is 10.4. The van der Waals surface area contributed by atoms with Gasteiger partial charge >= 0.3 is 0 Å². The van der Waals surface area contributed by atoms with Crippen LogP contribution in [-0.4, -0.2) is 5.11 Å². The molecule has 1 atom stereocenters. The van der Waals surface area contributed by atoms with E-state index >= 15 is 0 Å². The molecule has 0 aliphatic carbocycles. The number of aliphatic hydroxyl groups excluding tert-OH is 1. The van der Waals surface area contributed by atoms with Gasteiger partial charge in [0.1, 0.15) is 6.10 Å². The van der Waals surface area contributed by atoms with Gasteiger partial charge in [-0.15, -0.1) is 0 Å². The molecule has 0 aliphatic heterocycles. The molecule has 0 aliphatic rings. The first-order chi connectivity index (χ1) is 8.50. The third kappa shape index (κ3) is 2.24. The van der Waals surface area contributed by atoms with Gasteiger partial charge in [0.2, 0.25) is 0 Å².